The second kappa shape index (κ2) is 13.0. The molecule has 0 unspecified atom stereocenters. The number of hydrogen-bond acceptors (Lipinski definition) is 6. The molecule has 0 amide bonds. The zero-order valence-corrected chi connectivity index (χ0v) is 18.6. The summed E-state index contributed by atoms with van der Waals surface area (Å²) < 4.78 is 4.69. The largest absolute Gasteiger partial charge is 0.469 e. The van der Waals surface area contributed by atoms with Gasteiger partial charge in [0.1, 0.15) is 5.82 Å². The standard InChI is InChI=1S/C19H26N4O2.C6H6/c1-4-5-10-21-18-16(13(2)22-19(20)23-18)11-14-6-8-15(9-7-14)12-17(24)25-3;1-2-4-6-5-3-1/h6-9H,4-5,10-12H2,1-3H3,(H3,20,21,22,23);1-6H. The number of aromatic nitrogens is 2. The Labute approximate surface area is 184 Å². The molecule has 0 radical (unpaired) electrons. The smallest absolute Gasteiger partial charge is 0.309 e. The molecule has 6 heteroatoms. The minimum Gasteiger partial charge on any atom is -0.469 e. The number of unbranched alkanes of at least 4 members (excludes halogenated alkanes) is 1. The summed E-state index contributed by atoms with van der Waals surface area (Å²) in [5, 5.41) is 3.37. The molecule has 3 aromatic rings. The van der Waals surface area contributed by atoms with Crippen molar-refractivity contribution in [2.24, 2.45) is 0 Å². The number of nitrogens with one attached hydrogen (secondary N) is 1. The van der Waals surface area contributed by atoms with Crippen LogP contribution in [0.2, 0.25) is 0 Å². The van der Waals surface area contributed by atoms with Crippen molar-refractivity contribution in [1.82, 2.24) is 9.97 Å². The number of ether oxygens (including phenoxy) is 1. The predicted molar refractivity (Wildman–Crippen MR) is 126 cm³/mol. The highest BCUT2D eigenvalue weighted by atomic mass is 16.5. The lowest BCUT2D eigenvalue weighted by Crippen LogP contribution is -2.11. The van der Waals surface area contributed by atoms with Gasteiger partial charge in [-0.15, -0.1) is 0 Å². The molecule has 1 heterocycles. The first-order valence-corrected chi connectivity index (χ1v) is 10.5. The number of benzene rings is 2. The summed E-state index contributed by atoms with van der Waals surface area (Å²) in [7, 11) is 1.40. The first kappa shape index (κ1) is 23.9. The van der Waals surface area contributed by atoms with Gasteiger partial charge in [0.2, 0.25) is 5.95 Å². The molecule has 0 fully saturated rings. The molecule has 3 N–H and O–H groups in total. The quantitative estimate of drug-likeness (QED) is 0.410. The van der Waals surface area contributed by atoms with Crippen LogP contribution in [-0.2, 0) is 22.4 Å². The van der Waals surface area contributed by atoms with E-state index in [4.69, 9.17) is 10.5 Å². The van der Waals surface area contributed by atoms with Crippen molar-refractivity contribution in [2.45, 2.75) is 39.5 Å². The van der Waals surface area contributed by atoms with Gasteiger partial charge >= 0.3 is 5.97 Å². The Kier molecular flexibility index (Phi) is 10.0. The van der Waals surface area contributed by atoms with E-state index in [2.05, 4.69) is 22.2 Å². The van der Waals surface area contributed by atoms with Gasteiger partial charge in [0.05, 0.1) is 13.5 Å². The molecule has 0 aliphatic rings. The van der Waals surface area contributed by atoms with Crippen LogP contribution in [0.15, 0.2) is 60.7 Å². The minimum atomic E-state index is -0.238. The molecule has 6 nitrogen and oxygen atoms in total. The number of aryl methyl sites for hydroxylation is 1. The number of anilines is 2. The molecule has 0 bridgehead atoms. The van der Waals surface area contributed by atoms with Crippen molar-refractivity contribution >= 4 is 17.7 Å². The van der Waals surface area contributed by atoms with E-state index in [-0.39, 0.29) is 18.3 Å². The summed E-state index contributed by atoms with van der Waals surface area (Å²) in [5.41, 5.74) is 9.79. The van der Waals surface area contributed by atoms with E-state index in [1.165, 1.54) is 7.11 Å². The van der Waals surface area contributed by atoms with Crippen molar-refractivity contribution in [2.75, 3.05) is 24.7 Å². The Hall–Kier alpha value is -3.41. The lowest BCUT2D eigenvalue weighted by molar-refractivity contribution is -0.139. The molecule has 0 aliphatic carbocycles. The van der Waals surface area contributed by atoms with Crippen molar-refractivity contribution in [3.63, 3.8) is 0 Å². The average Bonchev–Trinajstić information content (AvgIpc) is 2.79. The fourth-order valence-electron chi connectivity index (χ4n) is 2.96. The van der Waals surface area contributed by atoms with E-state index >= 15 is 0 Å². The number of nitrogens with zero attached hydrogens (tertiary/aromatic N) is 2. The fourth-order valence-corrected chi connectivity index (χ4v) is 2.96. The topological polar surface area (TPSA) is 90.1 Å². The van der Waals surface area contributed by atoms with E-state index in [1.54, 1.807) is 0 Å². The lowest BCUT2D eigenvalue weighted by atomic mass is 10.0. The molecule has 2 aromatic carbocycles. The first-order valence-electron chi connectivity index (χ1n) is 10.5. The van der Waals surface area contributed by atoms with Gasteiger partial charge < -0.3 is 15.8 Å². The van der Waals surface area contributed by atoms with Gasteiger partial charge in [-0.3, -0.25) is 4.79 Å². The molecule has 0 saturated heterocycles. The second-order valence-corrected chi connectivity index (χ2v) is 7.18. The van der Waals surface area contributed by atoms with E-state index in [0.29, 0.717) is 6.42 Å². The van der Waals surface area contributed by atoms with Crippen molar-refractivity contribution in [1.29, 1.82) is 0 Å². The number of rotatable bonds is 8. The molecular formula is C25H32N4O2. The maximum atomic E-state index is 11.3. The van der Waals surface area contributed by atoms with Gasteiger partial charge in [0, 0.05) is 24.2 Å². The highest BCUT2D eigenvalue weighted by Gasteiger charge is 2.12. The highest BCUT2D eigenvalue weighted by molar-refractivity contribution is 5.72. The Morgan fingerprint density at radius 3 is 2.13 bits per heavy atom. The second-order valence-electron chi connectivity index (χ2n) is 7.18. The summed E-state index contributed by atoms with van der Waals surface area (Å²) in [6.45, 7) is 4.96. The normalized spacial score (nSPS) is 10.0. The number of methoxy groups -OCH3 is 1. The fraction of sp³-hybridized carbons (Fsp3) is 0.320. The zero-order chi connectivity index (χ0) is 22.5. The van der Waals surface area contributed by atoms with Crippen LogP contribution in [0.25, 0.3) is 0 Å². The summed E-state index contributed by atoms with van der Waals surface area (Å²) in [5.74, 6) is 0.851. The van der Waals surface area contributed by atoms with Gasteiger partial charge in [0.25, 0.3) is 0 Å². The molecule has 0 aliphatic heterocycles. The van der Waals surface area contributed by atoms with E-state index in [1.807, 2.05) is 67.6 Å². The van der Waals surface area contributed by atoms with Crippen LogP contribution in [0.1, 0.15) is 42.1 Å². The third-order valence-electron chi connectivity index (χ3n) is 4.70. The monoisotopic (exact) mass is 420 g/mol. The molecular weight excluding hydrogens is 388 g/mol. The van der Waals surface area contributed by atoms with Gasteiger partial charge in [-0.25, -0.2) is 4.98 Å². The lowest BCUT2D eigenvalue weighted by Gasteiger charge is -2.14. The van der Waals surface area contributed by atoms with E-state index in [9.17, 15) is 4.79 Å². The molecule has 0 saturated carbocycles. The highest BCUT2D eigenvalue weighted by Crippen LogP contribution is 2.21. The third kappa shape index (κ3) is 8.46. The molecule has 3 rings (SSSR count). The average molecular weight is 421 g/mol. The van der Waals surface area contributed by atoms with Crippen LogP contribution >= 0.6 is 0 Å². The molecule has 1 aromatic heterocycles. The predicted octanol–water partition coefficient (Wildman–Crippen LogP) is 4.57. The Balaban J connectivity index is 0.000000488. The maximum Gasteiger partial charge on any atom is 0.309 e. The number of nitrogens with two attached hydrogens (primary N) is 1. The van der Waals surface area contributed by atoms with Crippen LogP contribution in [0.3, 0.4) is 0 Å². The summed E-state index contributed by atoms with van der Waals surface area (Å²) in [6, 6.07) is 19.9. The van der Waals surface area contributed by atoms with E-state index in [0.717, 1.165) is 47.6 Å². The molecule has 0 spiro atoms. The van der Waals surface area contributed by atoms with Crippen LogP contribution in [0.5, 0.6) is 0 Å². The SMILES string of the molecule is CCCCNc1nc(N)nc(C)c1Cc1ccc(CC(=O)OC)cc1.c1ccccc1. The summed E-state index contributed by atoms with van der Waals surface area (Å²) >= 11 is 0. The summed E-state index contributed by atoms with van der Waals surface area (Å²) in [4.78, 5) is 20.0. The molecule has 0 atom stereocenters. The van der Waals surface area contributed by atoms with Gasteiger partial charge in [-0.05, 0) is 24.5 Å². The number of hydrogen-bond donors (Lipinski definition) is 2. The maximum absolute atomic E-state index is 11.3. The first-order chi connectivity index (χ1) is 15.0. The molecule has 164 valence electrons. The van der Waals surface area contributed by atoms with Gasteiger partial charge in [-0.2, -0.15) is 4.98 Å². The van der Waals surface area contributed by atoms with Crippen molar-refractivity contribution in [3.8, 4) is 0 Å². The Bertz CT molecular complexity index is 902. The summed E-state index contributed by atoms with van der Waals surface area (Å²) in [6.07, 6.45) is 3.18. The number of nitrogen functional groups attached to an aromatic ring is 1. The zero-order valence-electron chi connectivity index (χ0n) is 18.6. The Morgan fingerprint density at radius 1 is 1.00 bits per heavy atom. The van der Waals surface area contributed by atoms with Crippen LogP contribution in [-0.4, -0.2) is 29.6 Å². The van der Waals surface area contributed by atoms with Crippen molar-refractivity contribution < 1.29 is 9.53 Å². The van der Waals surface area contributed by atoms with Crippen molar-refractivity contribution in [3.05, 3.63) is 83.0 Å². The van der Waals surface area contributed by atoms with Crippen LogP contribution < -0.4 is 11.1 Å². The van der Waals surface area contributed by atoms with Crippen LogP contribution in [0.4, 0.5) is 11.8 Å². The number of carbonyl (C=O) groups excluding carboxylic acids is 1. The molecule has 31 heavy (non-hydrogen) atoms. The third-order valence-corrected chi connectivity index (χ3v) is 4.70. The van der Waals surface area contributed by atoms with E-state index < -0.39 is 0 Å². The number of carbonyl (C=O) groups is 1. The van der Waals surface area contributed by atoms with Gasteiger partial charge in [-0.1, -0.05) is 74.0 Å². The number of esters is 1. The Morgan fingerprint density at radius 2 is 1.58 bits per heavy atom. The van der Waals surface area contributed by atoms with Gasteiger partial charge in [0.15, 0.2) is 0 Å². The van der Waals surface area contributed by atoms with Crippen LogP contribution in [0, 0.1) is 6.92 Å². The minimum absolute atomic E-state index is 0.238.